The number of hydrogen-bond acceptors (Lipinski definition) is 1. The van der Waals surface area contributed by atoms with Gasteiger partial charge in [0.15, 0.2) is 0 Å². The van der Waals surface area contributed by atoms with Crippen molar-refractivity contribution >= 4 is 21.8 Å². The Hall–Kier alpha value is -1.89. The fourth-order valence-electron chi connectivity index (χ4n) is 1.83. The van der Waals surface area contributed by atoms with Gasteiger partial charge in [0, 0.05) is 10.8 Å². The van der Waals surface area contributed by atoms with Crippen molar-refractivity contribution in [2.24, 2.45) is 0 Å². The highest BCUT2D eigenvalue weighted by molar-refractivity contribution is 5.92. The van der Waals surface area contributed by atoms with Crippen molar-refractivity contribution in [1.82, 2.24) is 4.98 Å². The second-order valence-corrected chi connectivity index (χ2v) is 3.71. The Morgan fingerprint density at radius 3 is 2.53 bits per heavy atom. The van der Waals surface area contributed by atoms with E-state index in [1.807, 2.05) is 30.3 Å². The van der Waals surface area contributed by atoms with E-state index in [4.69, 9.17) is 0 Å². The molecule has 1 radical (unpaired) electrons. The molecule has 0 aliphatic rings. The standard InChI is InChI=1S/C14H10N/c1-10-6-7-14-12(8-10)9-11-4-2-3-5-13(11)15-14/h2-9H,1H2. The smallest absolute Gasteiger partial charge is 0.0709 e. The largest absolute Gasteiger partial charge is 0.248 e. The third-order valence-corrected chi connectivity index (χ3v) is 2.58. The van der Waals surface area contributed by atoms with E-state index in [9.17, 15) is 0 Å². The number of hydrogen-bond donors (Lipinski definition) is 0. The Bertz CT molecular complexity index is 641. The predicted octanol–water partition coefficient (Wildman–Crippen LogP) is 3.57. The monoisotopic (exact) mass is 192 g/mol. The molecule has 0 spiro atoms. The molecule has 0 bridgehead atoms. The van der Waals surface area contributed by atoms with Gasteiger partial charge in [-0.1, -0.05) is 24.3 Å². The van der Waals surface area contributed by atoms with E-state index in [1.54, 1.807) is 0 Å². The summed E-state index contributed by atoms with van der Waals surface area (Å²) in [6.07, 6.45) is 0. The molecule has 1 heteroatoms. The summed E-state index contributed by atoms with van der Waals surface area (Å²) in [7, 11) is 0. The maximum Gasteiger partial charge on any atom is 0.0709 e. The first-order valence-corrected chi connectivity index (χ1v) is 4.94. The van der Waals surface area contributed by atoms with Gasteiger partial charge in [0.1, 0.15) is 0 Å². The van der Waals surface area contributed by atoms with E-state index in [1.165, 1.54) is 5.39 Å². The van der Waals surface area contributed by atoms with Gasteiger partial charge in [0.2, 0.25) is 0 Å². The molecule has 0 atom stereocenters. The molecule has 1 aromatic heterocycles. The van der Waals surface area contributed by atoms with Crippen molar-refractivity contribution in [3.05, 3.63) is 61.0 Å². The summed E-state index contributed by atoms with van der Waals surface area (Å²) in [5.41, 5.74) is 3.10. The van der Waals surface area contributed by atoms with Crippen LogP contribution in [-0.2, 0) is 0 Å². The van der Waals surface area contributed by atoms with Gasteiger partial charge < -0.3 is 0 Å². The molecule has 3 aromatic rings. The lowest BCUT2D eigenvalue weighted by Crippen LogP contribution is -1.82. The Kier molecular flexibility index (Phi) is 1.72. The van der Waals surface area contributed by atoms with Crippen LogP contribution in [0.2, 0.25) is 0 Å². The number of aromatic nitrogens is 1. The third-order valence-electron chi connectivity index (χ3n) is 2.58. The summed E-state index contributed by atoms with van der Waals surface area (Å²) < 4.78 is 0. The molecule has 0 aliphatic carbocycles. The zero-order chi connectivity index (χ0) is 10.3. The molecule has 71 valence electrons. The van der Waals surface area contributed by atoms with Crippen molar-refractivity contribution in [2.45, 2.75) is 0 Å². The van der Waals surface area contributed by atoms with Crippen molar-refractivity contribution < 1.29 is 0 Å². The van der Waals surface area contributed by atoms with Crippen LogP contribution in [0.15, 0.2) is 48.5 Å². The first-order chi connectivity index (χ1) is 7.33. The van der Waals surface area contributed by atoms with Gasteiger partial charge in [-0.15, -0.1) is 0 Å². The molecule has 0 unspecified atom stereocenters. The number of para-hydroxylation sites is 1. The Balaban J connectivity index is 2.47. The van der Waals surface area contributed by atoms with E-state index in [0.717, 1.165) is 22.0 Å². The van der Waals surface area contributed by atoms with E-state index >= 15 is 0 Å². The Labute approximate surface area is 88.4 Å². The number of rotatable bonds is 0. The van der Waals surface area contributed by atoms with Gasteiger partial charge in [0.25, 0.3) is 0 Å². The van der Waals surface area contributed by atoms with Crippen LogP contribution in [-0.4, -0.2) is 4.98 Å². The molecule has 0 amide bonds. The molecule has 2 aromatic carbocycles. The third kappa shape index (κ3) is 1.37. The van der Waals surface area contributed by atoms with Crippen LogP contribution < -0.4 is 0 Å². The second-order valence-electron chi connectivity index (χ2n) is 3.71. The van der Waals surface area contributed by atoms with Crippen LogP contribution in [0.4, 0.5) is 0 Å². The van der Waals surface area contributed by atoms with Gasteiger partial charge >= 0.3 is 0 Å². The number of fused-ring (bicyclic) bond motifs is 2. The zero-order valence-corrected chi connectivity index (χ0v) is 8.27. The van der Waals surface area contributed by atoms with Gasteiger partial charge in [-0.2, -0.15) is 0 Å². The lowest BCUT2D eigenvalue weighted by Gasteiger charge is -2.01. The maximum atomic E-state index is 4.59. The van der Waals surface area contributed by atoms with Crippen molar-refractivity contribution in [2.75, 3.05) is 0 Å². The van der Waals surface area contributed by atoms with Crippen LogP contribution >= 0.6 is 0 Å². The highest BCUT2D eigenvalue weighted by atomic mass is 14.7. The Morgan fingerprint density at radius 1 is 0.800 bits per heavy atom. The molecule has 0 saturated carbocycles. The highest BCUT2D eigenvalue weighted by Gasteiger charge is 1.98. The first kappa shape index (κ1) is 8.42. The summed E-state index contributed by atoms with van der Waals surface area (Å²) >= 11 is 0. The van der Waals surface area contributed by atoms with Gasteiger partial charge in [-0.3, -0.25) is 0 Å². The zero-order valence-electron chi connectivity index (χ0n) is 8.27. The normalized spacial score (nSPS) is 11.0. The van der Waals surface area contributed by atoms with Crippen molar-refractivity contribution in [3.8, 4) is 0 Å². The van der Waals surface area contributed by atoms with Gasteiger partial charge in [-0.25, -0.2) is 4.98 Å². The van der Waals surface area contributed by atoms with Crippen molar-refractivity contribution in [3.63, 3.8) is 0 Å². The predicted molar refractivity (Wildman–Crippen MR) is 63.7 cm³/mol. The lowest BCUT2D eigenvalue weighted by molar-refractivity contribution is 1.49. The molecule has 0 aliphatic heterocycles. The fraction of sp³-hybridized carbons (Fsp3) is 0. The van der Waals surface area contributed by atoms with E-state index in [0.29, 0.717) is 0 Å². The summed E-state index contributed by atoms with van der Waals surface area (Å²) in [6.45, 7) is 3.92. The molecule has 0 fully saturated rings. The molecular weight excluding hydrogens is 182 g/mol. The number of benzene rings is 2. The quantitative estimate of drug-likeness (QED) is 0.496. The maximum absolute atomic E-state index is 4.59. The lowest BCUT2D eigenvalue weighted by atomic mass is 10.1. The molecule has 1 heterocycles. The molecule has 0 N–H and O–H groups in total. The van der Waals surface area contributed by atoms with Gasteiger partial charge in [-0.05, 0) is 36.8 Å². The second kappa shape index (κ2) is 3.06. The molecule has 15 heavy (non-hydrogen) atoms. The van der Waals surface area contributed by atoms with E-state index < -0.39 is 0 Å². The molecule has 1 nitrogen and oxygen atoms in total. The van der Waals surface area contributed by atoms with Crippen LogP contribution in [0.25, 0.3) is 21.8 Å². The molecule has 0 saturated heterocycles. The SMILES string of the molecule is [CH2]c1ccc2nc3ccccc3cc2c1. The van der Waals surface area contributed by atoms with Crippen molar-refractivity contribution in [1.29, 1.82) is 0 Å². The fourth-order valence-corrected chi connectivity index (χ4v) is 1.83. The van der Waals surface area contributed by atoms with Crippen LogP contribution in [0.3, 0.4) is 0 Å². The minimum absolute atomic E-state index is 1.03. The summed E-state index contributed by atoms with van der Waals surface area (Å²) in [6, 6.07) is 16.4. The minimum atomic E-state index is 1.03. The Morgan fingerprint density at radius 2 is 1.60 bits per heavy atom. The molecule has 3 rings (SSSR count). The van der Waals surface area contributed by atoms with E-state index in [-0.39, 0.29) is 0 Å². The van der Waals surface area contributed by atoms with Crippen LogP contribution in [0.5, 0.6) is 0 Å². The average Bonchev–Trinajstić information content (AvgIpc) is 2.26. The number of pyridine rings is 1. The first-order valence-electron chi connectivity index (χ1n) is 4.94. The average molecular weight is 192 g/mol. The number of nitrogens with zero attached hydrogens (tertiary/aromatic N) is 1. The summed E-state index contributed by atoms with van der Waals surface area (Å²) in [5, 5.41) is 2.33. The van der Waals surface area contributed by atoms with Crippen LogP contribution in [0, 0.1) is 6.92 Å². The highest BCUT2D eigenvalue weighted by Crippen LogP contribution is 2.20. The molecular formula is C14H10N. The topological polar surface area (TPSA) is 12.9 Å². The van der Waals surface area contributed by atoms with Gasteiger partial charge in [0.05, 0.1) is 11.0 Å². The summed E-state index contributed by atoms with van der Waals surface area (Å²) in [4.78, 5) is 4.59. The minimum Gasteiger partial charge on any atom is -0.248 e. The van der Waals surface area contributed by atoms with E-state index in [2.05, 4.69) is 30.1 Å². The van der Waals surface area contributed by atoms with Crippen LogP contribution in [0.1, 0.15) is 5.56 Å². The summed E-state index contributed by atoms with van der Waals surface area (Å²) in [5.74, 6) is 0.